The van der Waals surface area contributed by atoms with Crippen LogP contribution in [0.15, 0.2) is 24.3 Å². The molecule has 0 atom stereocenters. The zero-order valence-corrected chi connectivity index (χ0v) is 10.5. The van der Waals surface area contributed by atoms with E-state index in [-0.39, 0.29) is 0 Å². The van der Waals surface area contributed by atoms with Crippen LogP contribution in [0.1, 0.15) is 13.3 Å². The highest BCUT2D eigenvalue weighted by Gasteiger charge is 2.00. The van der Waals surface area contributed by atoms with Gasteiger partial charge in [0.15, 0.2) is 11.5 Å². The fraction of sp³-hybridized carbons (Fsp3) is 0.429. The molecule has 17 heavy (non-hydrogen) atoms. The lowest BCUT2D eigenvalue weighted by atomic mass is 10.3. The van der Waals surface area contributed by atoms with Gasteiger partial charge in [-0.3, -0.25) is 0 Å². The van der Waals surface area contributed by atoms with E-state index < -0.39 is 0 Å². The molecule has 1 N–H and O–H groups in total. The number of ether oxygens (including phenoxy) is 2. The minimum absolute atomic E-state index is 0.625. The molecule has 0 spiro atoms. The minimum atomic E-state index is 0.625. The van der Waals surface area contributed by atoms with E-state index in [2.05, 4.69) is 17.2 Å². The van der Waals surface area contributed by atoms with Crippen molar-refractivity contribution in [2.75, 3.05) is 26.8 Å². The monoisotopic (exact) mass is 233 g/mol. The van der Waals surface area contributed by atoms with E-state index in [0.29, 0.717) is 6.61 Å². The smallest absolute Gasteiger partial charge is 0.161 e. The number of benzene rings is 1. The summed E-state index contributed by atoms with van der Waals surface area (Å²) in [6.45, 7) is 4.18. The zero-order chi connectivity index (χ0) is 12.3. The fourth-order valence-electron chi connectivity index (χ4n) is 1.37. The highest BCUT2D eigenvalue weighted by atomic mass is 16.5. The standard InChI is InChI=1S/C14H19NO2/c1-3-4-7-10-15-11-12-17-14-9-6-5-8-13(14)16-2/h5-6,8-9,15H,7,10-12H2,1-2H3. The van der Waals surface area contributed by atoms with Gasteiger partial charge in [0.1, 0.15) is 6.61 Å². The molecule has 3 heteroatoms. The van der Waals surface area contributed by atoms with Crippen molar-refractivity contribution in [1.29, 1.82) is 0 Å². The van der Waals surface area contributed by atoms with Gasteiger partial charge in [0.05, 0.1) is 7.11 Å². The van der Waals surface area contributed by atoms with Crippen molar-refractivity contribution >= 4 is 0 Å². The minimum Gasteiger partial charge on any atom is -0.493 e. The van der Waals surface area contributed by atoms with Gasteiger partial charge in [0.2, 0.25) is 0 Å². The lowest BCUT2D eigenvalue weighted by Crippen LogP contribution is -2.21. The van der Waals surface area contributed by atoms with Gasteiger partial charge in [0.25, 0.3) is 0 Å². The maximum Gasteiger partial charge on any atom is 0.161 e. The van der Waals surface area contributed by atoms with Gasteiger partial charge in [-0.2, -0.15) is 0 Å². The van der Waals surface area contributed by atoms with Gasteiger partial charge in [0, 0.05) is 19.5 Å². The van der Waals surface area contributed by atoms with Crippen molar-refractivity contribution in [3.05, 3.63) is 24.3 Å². The molecule has 0 heterocycles. The highest BCUT2D eigenvalue weighted by Crippen LogP contribution is 2.25. The average Bonchev–Trinajstić information content (AvgIpc) is 2.38. The molecule has 0 radical (unpaired) electrons. The Kier molecular flexibility index (Phi) is 6.69. The van der Waals surface area contributed by atoms with Gasteiger partial charge in [-0.15, -0.1) is 11.8 Å². The number of hydrogen-bond acceptors (Lipinski definition) is 3. The van der Waals surface area contributed by atoms with Crippen molar-refractivity contribution in [2.24, 2.45) is 0 Å². The molecule has 0 aliphatic heterocycles. The summed E-state index contributed by atoms with van der Waals surface area (Å²) >= 11 is 0. The quantitative estimate of drug-likeness (QED) is 0.578. The molecule has 1 aromatic carbocycles. The molecule has 0 aliphatic rings. The highest BCUT2D eigenvalue weighted by molar-refractivity contribution is 5.39. The summed E-state index contributed by atoms with van der Waals surface area (Å²) in [6.07, 6.45) is 0.880. The predicted octanol–water partition coefficient (Wildman–Crippen LogP) is 2.08. The molecule has 3 nitrogen and oxygen atoms in total. The van der Waals surface area contributed by atoms with Gasteiger partial charge in [-0.05, 0) is 19.1 Å². The summed E-state index contributed by atoms with van der Waals surface area (Å²) in [5.74, 6) is 7.41. The molecule has 0 saturated carbocycles. The molecule has 0 aromatic heterocycles. The van der Waals surface area contributed by atoms with Crippen LogP contribution in [0.4, 0.5) is 0 Å². The second kappa shape index (κ2) is 8.49. The van der Waals surface area contributed by atoms with E-state index in [4.69, 9.17) is 9.47 Å². The van der Waals surface area contributed by atoms with Crippen LogP contribution in [0.25, 0.3) is 0 Å². The SMILES string of the molecule is CC#CCCNCCOc1ccccc1OC. The molecule has 1 rings (SSSR count). The maximum atomic E-state index is 5.61. The maximum absolute atomic E-state index is 5.61. The van der Waals surface area contributed by atoms with Crippen molar-refractivity contribution in [3.8, 4) is 23.3 Å². The van der Waals surface area contributed by atoms with Crippen molar-refractivity contribution < 1.29 is 9.47 Å². The van der Waals surface area contributed by atoms with Crippen LogP contribution in [0.3, 0.4) is 0 Å². The number of hydrogen-bond donors (Lipinski definition) is 1. The molecule has 1 aromatic rings. The van der Waals surface area contributed by atoms with Crippen molar-refractivity contribution in [2.45, 2.75) is 13.3 Å². The summed E-state index contributed by atoms with van der Waals surface area (Å²) in [6, 6.07) is 7.65. The summed E-state index contributed by atoms with van der Waals surface area (Å²) in [5.41, 5.74) is 0. The van der Waals surface area contributed by atoms with Crippen LogP contribution < -0.4 is 14.8 Å². The largest absolute Gasteiger partial charge is 0.493 e. The summed E-state index contributed by atoms with van der Waals surface area (Å²) in [4.78, 5) is 0. The van der Waals surface area contributed by atoms with Crippen LogP contribution in [-0.4, -0.2) is 26.8 Å². The Morgan fingerprint density at radius 3 is 2.65 bits per heavy atom. The van der Waals surface area contributed by atoms with Gasteiger partial charge < -0.3 is 14.8 Å². The van der Waals surface area contributed by atoms with E-state index in [0.717, 1.165) is 31.0 Å². The zero-order valence-electron chi connectivity index (χ0n) is 10.5. The Morgan fingerprint density at radius 2 is 1.94 bits per heavy atom. The van der Waals surface area contributed by atoms with E-state index >= 15 is 0 Å². The Hall–Kier alpha value is -1.66. The second-order valence-electron chi connectivity index (χ2n) is 3.43. The van der Waals surface area contributed by atoms with Crippen LogP contribution >= 0.6 is 0 Å². The Balaban J connectivity index is 2.19. The summed E-state index contributed by atoms with van der Waals surface area (Å²) in [7, 11) is 1.64. The summed E-state index contributed by atoms with van der Waals surface area (Å²) < 4.78 is 10.8. The second-order valence-corrected chi connectivity index (χ2v) is 3.43. The number of nitrogens with one attached hydrogen (secondary N) is 1. The van der Waals surface area contributed by atoms with E-state index in [1.54, 1.807) is 7.11 Å². The Labute approximate surface area is 103 Å². The Morgan fingerprint density at radius 1 is 1.18 bits per heavy atom. The molecule has 0 unspecified atom stereocenters. The lowest BCUT2D eigenvalue weighted by Gasteiger charge is -2.10. The topological polar surface area (TPSA) is 30.5 Å². The van der Waals surface area contributed by atoms with Gasteiger partial charge >= 0.3 is 0 Å². The van der Waals surface area contributed by atoms with Crippen LogP contribution in [0.2, 0.25) is 0 Å². The number of para-hydroxylation sites is 2. The molecule has 0 saturated heterocycles. The molecular weight excluding hydrogens is 214 g/mol. The third-order valence-electron chi connectivity index (χ3n) is 2.21. The van der Waals surface area contributed by atoms with Gasteiger partial charge in [-0.1, -0.05) is 12.1 Å². The van der Waals surface area contributed by atoms with Crippen LogP contribution in [0, 0.1) is 11.8 Å². The first-order valence-electron chi connectivity index (χ1n) is 5.74. The van der Waals surface area contributed by atoms with Gasteiger partial charge in [-0.25, -0.2) is 0 Å². The molecule has 0 aliphatic carbocycles. The normalized spacial score (nSPS) is 9.29. The molecule has 92 valence electrons. The van der Waals surface area contributed by atoms with E-state index in [1.165, 1.54) is 0 Å². The van der Waals surface area contributed by atoms with Crippen molar-refractivity contribution in [3.63, 3.8) is 0 Å². The lowest BCUT2D eigenvalue weighted by molar-refractivity contribution is 0.293. The summed E-state index contributed by atoms with van der Waals surface area (Å²) in [5, 5.41) is 3.26. The first-order valence-corrected chi connectivity index (χ1v) is 5.74. The number of methoxy groups -OCH3 is 1. The number of rotatable bonds is 7. The first kappa shape index (κ1) is 13.4. The fourth-order valence-corrected chi connectivity index (χ4v) is 1.37. The van der Waals surface area contributed by atoms with E-state index in [1.807, 2.05) is 31.2 Å². The molecule has 0 bridgehead atoms. The molecule has 0 fully saturated rings. The third kappa shape index (κ3) is 5.28. The van der Waals surface area contributed by atoms with Crippen LogP contribution in [0.5, 0.6) is 11.5 Å². The molecular formula is C14H19NO2. The predicted molar refractivity (Wildman–Crippen MR) is 69.4 cm³/mol. The Bertz CT molecular complexity index is 379. The van der Waals surface area contributed by atoms with Crippen LogP contribution in [-0.2, 0) is 0 Å². The third-order valence-corrected chi connectivity index (χ3v) is 2.21. The van der Waals surface area contributed by atoms with E-state index in [9.17, 15) is 0 Å². The van der Waals surface area contributed by atoms with Crippen molar-refractivity contribution in [1.82, 2.24) is 5.32 Å². The molecule has 0 amide bonds. The first-order chi connectivity index (χ1) is 8.38. The average molecular weight is 233 g/mol.